The van der Waals surface area contributed by atoms with Crippen LogP contribution in [0.25, 0.3) is 0 Å². The molecule has 26 heavy (non-hydrogen) atoms. The van der Waals surface area contributed by atoms with Gasteiger partial charge in [-0.25, -0.2) is 13.2 Å². The van der Waals surface area contributed by atoms with Crippen LogP contribution in [0.2, 0.25) is 0 Å². The molecule has 2 rings (SSSR count). The van der Waals surface area contributed by atoms with E-state index >= 15 is 0 Å². The minimum atomic E-state index is -3.12. The summed E-state index contributed by atoms with van der Waals surface area (Å²) in [5, 5.41) is 0. The second-order valence-electron chi connectivity index (χ2n) is 7.16. The molecule has 144 valence electrons. The minimum absolute atomic E-state index is 0.284. The Bertz CT molecular complexity index is 717. The fourth-order valence-corrected chi connectivity index (χ4v) is 3.91. The molecule has 1 aliphatic heterocycles. The van der Waals surface area contributed by atoms with E-state index in [4.69, 9.17) is 4.74 Å². The monoisotopic (exact) mass is 379 g/mol. The number of likely N-dealkylation sites (tertiary alicyclic amines) is 1. The van der Waals surface area contributed by atoms with Gasteiger partial charge in [0.1, 0.15) is 0 Å². The van der Waals surface area contributed by atoms with Crippen molar-refractivity contribution in [1.29, 1.82) is 0 Å². The van der Waals surface area contributed by atoms with Gasteiger partial charge in [-0.05, 0) is 56.2 Å². The first-order valence-corrected chi connectivity index (χ1v) is 11.1. The first-order chi connectivity index (χ1) is 12.3. The number of amides is 1. The molecule has 0 aromatic heterocycles. The van der Waals surface area contributed by atoms with Crippen LogP contribution in [0.15, 0.2) is 41.5 Å². The van der Waals surface area contributed by atoms with Gasteiger partial charge in [0.05, 0.1) is 10.7 Å². The van der Waals surface area contributed by atoms with E-state index in [-0.39, 0.29) is 6.09 Å². The Morgan fingerprint density at radius 2 is 1.81 bits per heavy atom. The van der Waals surface area contributed by atoms with Crippen LogP contribution in [0.1, 0.15) is 44.6 Å². The van der Waals surface area contributed by atoms with Gasteiger partial charge in [0.25, 0.3) is 0 Å². The lowest BCUT2D eigenvalue weighted by molar-refractivity contribution is 0.109. The number of nitrogens with zero attached hydrogens (tertiary/aromatic N) is 1. The van der Waals surface area contributed by atoms with Gasteiger partial charge in [0.2, 0.25) is 0 Å². The van der Waals surface area contributed by atoms with Crippen LogP contribution in [0, 0.1) is 5.92 Å². The van der Waals surface area contributed by atoms with E-state index < -0.39 is 9.84 Å². The summed E-state index contributed by atoms with van der Waals surface area (Å²) in [5.74, 6) is 1.10. The van der Waals surface area contributed by atoms with Crippen molar-refractivity contribution in [3.8, 4) is 0 Å². The van der Waals surface area contributed by atoms with Crippen molar-refractivity contribution in [3.05, 3.63) is 42.2 Å². The van der Waals surface area contributed by atoms with Crippen molar-refractivity contribution in [2.24, 2.45) is 5.92 Å². The van der Waals surface area contributed by atoms with Crippen molar-refractivity contribution in [3.63, 3.8) is 0 Å². The molecule has 0 aliphatic carbocycles. The number of benzene rings is 1. The fourth-order valence-electron chi connectivity index (χ4n) is 3.28. The molecule has 1 saturated heterocycles. The molecule has 0 bridgehead atoms. The number of unbranched alkanes of at least 4 members (excludes halogenated alkanes) is 1. The maximum atomic E-state index is 11.8. The molecule has 1 aromatic rings. The van der Waals surface area contributed by atoms with Crippen molar-refractivity contribution in [2.75, 3.05) is 19.3 Å². The highest BCUT2D eigenvalue weighted by atomic mass is 32.2. The standard InChI is InChI=1S/C20H29NO4S/c1-16(2)25-20(22)21-14-12-18(13-15-21)7-5-4-6-17-8-10-19(11-9-17)26(3,23)24/h8-11,18H,1,4-7,12-15H2,2-3H3. The Morgan fingerprint density at radius 3 is 2.35 bits per heavy atom. The molecule has 0 unspecified atom stereocenters. The molecular weight excluding hydrogens is 350 g/mol. The number of piperidine rings is 1. The topological polar surface area (TPSA) is 63.7 Å². The number of allylic oxidation sites excluding steroid dienone is 1. The van der Waals surface area contributed by atoms with Crippen molar-refractivity contribution in [2.45, 2.75) is 50.3 Å². The SMILES string of the molecule is C=C(C)OC(=O)N1CCC(CCCCc2ccc(S(C)(=O)=O)cc2)CC1. The lowest BCUT2D eigenvalue weighted by Crippen LogP contribution is -2.38. The smallest absolute Gasteiger partial charge is 0.414 e. The average Bonchev–Trinajstić information content (AvgIpc) is 2.58. The van der Waals surface area contributed by atoms with Gasteiger partial charge < -0.3 is 9.64 Å². The van der Waals surface area contributed by atoms with Crippen LogP contribution >= 0.6 is 0 Å². The average molecular weight is 380 g/mol. The molecule has 1 aromatic carbocycles. The summed E-state index contributed by atoms with van der Waals surface area (Å²) in [6.07, 6.45) is 7.37. The Kier molecular flexibility index (Phi) is 7.26. The molecule has 1 aliphatic rings. The van der Waals surface area contributed by atoms with E-state index in [2.05, 4.69) is 6.58 Å². The molecule has 1 amide bonds. The summed E-state index contributed by atoms with van der Waals surface area (Å²) in [5.41, 5.74) is 1.18. The molecule has 1 heterocycles. The van der Waals surface area contributed by atoms with Gasteiger partial charge in [0.15, 0.2) is 9.84 Å². The van der Waals surface area contributed by atoms with Gasteiger partial charge in [-0.15, -0.1) is 0 Å². The Morgan fingerprint density at radius 1 is 1.19 bits per heavy atom. The summed E-state index contributed by atoms with van der Waals surface area (Å²) in [7, 11) is -3.12. The quantitative estimate of drug-likeness (QED) is 0.526. The van der Waals surface area contributed by atoms with Gasteiger partial charge >= 0.3 is 6.09 Å². The maximum absolute atomic E-state index is 11.8. The maximum Gasteiger partial charge on any atom is 0.414 e. The predicted molar refractivity (Wildman–Crippen MR) is 103 cm³/mol. The third kappa shape index (κ3) is 6.48. The predicted octanol–water partition coefficient (Wildman–Crippen LogP) is 4.19. The number of rotatable bonds is 7. The zero-order valence-electron chi connectivity index (χ0n) is 15.7. The van der Waals surface area contributed by atoms with Crippen LogP contribution in [0.4, 0.5) is 4.79 Å². The third-order valence-corrected chi connectivity index (χ3v) is 5.94. The molecule has 0 radical (unpaired) electrons. The molecule has 0 saturated carbocycles. The molecule has 5 nitrogen and oxygen atoms in total. The van der Waals surface area contributed by atoms with Crippen molar-refractivity contribution in [1.82, 2.24) is 4.90 Å². The summed E-state index contributed by atoms with van der Waals surface area (Å²) in [4.78, 5) is 14.0. The van der Waals surface area contributed by atoms with Crippen LogP contribution in [0.5, 0.6) is 0 Å². The number of hydrogen-bond donors (Lipinski definition) is 0. The van der Waals surface area contributed by atoms with Crippen LogP contribution in [-0.2, 0) is 21.0 Å². The Balaban J connectivity index is 1.65. The minimum Gasteiger partial charge on any atom is -0.416 e. The van der Waals surface area contributed by atoms with E-state index in [1.54, 1.807) is 24.0 Å². The molecule has 1 fully saturated rings. The van der Waals surface area contributed by atoms with Crippen LogP contribution in [0.3, 0.4) is 0 Å². The van der Waals surface area contributed by atoms with Gasteiger partial charge in [-0.2, -0.15) is 0 Å². The number of carbonyl (C=O) groups excluding carboxylic acids is 1. The highest BCUT2D eigenvalue weighted by Gasteiger charge is 2.23. The summed E-state index contributed by atoms with van der Waals surface area (Å²) < 4.78 is 28.0. The van der Waals surface area contributed by atoms with Crippen LogP contribution < -0.4 is 0 Å². The van der Waals surface area contributed by atoms with Crippen molar-refractivity contribution >= 4 is 15.9 Å². The summed E-state index contributed by atoms with van der Waals surface area (Å²) in [6, 6.07) is 7.18. The molecule has 0 spiro atoms. The first-order valence-electron chi connectivity index (χ1n) is 9.17. The first kappa shape index (κ1) is 20.5. The highest BCUT2D eigenvalue weighted by molar-refractivity contribution is 7.90. The summed E-state index contributed by atoms with van der Waals surface area (Å²) in [6.45, 7) is 6.78. The Labute approximate surface area is 157 Å². The largest absolute Gasteiger partial charge is 0.416 e. The highest BCUT2D eigenvalue weighted by Crippen LogP contribution is 2.24. The lowest BCUT2D eigenvalue weighted by Gasteiger charge is -2.31. The van der Waals surface area contributed by atoms with Gasteiger partial charge in [-0.3, -0.25) is 0 Å². The number of hydrogen-bond acceptors (Lipinski definition) is 4. The number of ether oxygens (including phenoxy) is 1. The number of sulfone groups is 1. The Hall–Kier alpha value is -1.82. The van der Waals surface area contributed by atoms with E-state index in [1.165, 1.54) is 18.2 Å². The molecule has 0 N–H and O–H groups in total. The zero-order valence-corrected chi connectivity index (χ0v) is 16.6. The second kappa shape index (κ2) is 9.21. The molecule has 6 heteroatoms. The van der Waals surface area contributed by atoms with Gasteiger partial charge in [0, 0.05) is 19.3 Å². The fraction of sp³-hybridized carbons (Fsp3) is 0.550. The van der Waals surface area contributed by atoms with Crippen molar-refractivity contribution < 1.29 is 17.9 Å². The molecular formula is C20H29NO4S. The number of carbonyl (C=O) groups is 1. The number of aryl methyl sites for hydroxylation is 1. The summed E-state index contributed by atoms with van der Waals surface area (Å²) >= 11 is 0. The van der Waals surface area contributed by atoms with Crippen LogP contribution in [-0.4, -0.2) is 38.8 Å². The third-order valence-electron chi connectivity index (χ3n) is 4.81. The van der Waals surface area contributed by atoms with E-state index in [1.807, 2.05) is 12.1 Å². The van der Waals surface area contributed by atoms with E-state index in [0.717, 1.165) is 45.2 Å². The lowest BCUT2D eigenvalue weighted by atomic mass is 9.91. The molecule has 0 atom stereocenters. The van der Waals surface area contributed by atoms with E-state index in [0.29, 0.717) is 16.6 Å². The van der Waals surface area contributed by atoms with Gasteiger partial charge in [-0.1, -0.05) is 31.6 Å². The normalized spacial score (nSPS) is 15.7. The zero-order chi connectivity index (χ0) is 19.2. The second-order valence-corrected chi connectivity index (χ2v) is 9.18. The van der Waals surface area contributed by atoms with E-state index in [9.17, 15) is 13.2 Å².